The van der Waals surface area contributed by atoms with Crippen LogP contribution < -0.4 is 10.2 Å². The van der Waals surface area contributed by atoms with Crippen molar-refractivity contribution in [3.8, 4) is 11.5 Å². The van der Waals surface area contributed by atoms with Gasteiger partial charge in [-0.2, -0.15) is 0 Å². The highest BCUT2D eigenvalue weighted by atomic mass is 15.3. The van der Waals surface area contributed by atoms with Crippen molar-refractivity contribution in [1.82, 2.24) is 19.9 Å². The molecule has 4 rings (SSSR count). The topological polar surface area (TPSA) is 57.2 Å². The maximum absolute atomic E-state index is 4.73. The van der Waals surface area contributed by atoms with E-state index >= 15 is 0 Å². The van der Waals surface area contributed by atoms with Crippen LogP contribution in [0.25, 0.3) is 11.5 Å². The summed E-state index contributed by atoms with van der Waals surface area (Å²) in [5.74, 6) is 1.58. The van der Waals surface area contributed by atoms with Gasteiger partial charge in [0.25, 0.3) is 0 Å². The molecule has 0 bridgehead atoms. The van der Waals surface area contributed by atoms with Crippen molar-refractivity contribution in [2.24, 2.45) is 0 Å². The van der Waals surface area contributed by atoms with Crippen molar-refractivity contribution in [3.63, 3.8) is 0 Å². The lowest BCUT2D eigenvalue weighted by molar-refractivity contribution is 0.267. The van der Waals surface area contributed by atoms with Crippen LogP contribution in [0.15, 0.2) is 54.7 Å². The van der Waals surface area contributed by atoms with Gasteiger partial charge in [0.1, 0.15) is 11.5 Å². The summed E-state index contributed by atoms with van der Waals surface area (Å²) in [4.78, 5) is 18.7. The van der Waals surface area contributed by atoms with Crippen LogP contribution in [0.2, 0.25) is 0 Å². The predicted molar refractivity (Wildman–Crippen MR) is 118 cm³/mol. The van der Waals surface area contributed by atoms with Gasteiger partial charge in [-0.3, -0.25) is 9.88 Å². The Morgan fingerprint density at radius 2 is 1.66 bits per heavy atom. The molecule has 0 spiro atoms. The summed E-state index contributed by atoms with van der Waals surface area (Å²) in [5, 5.41) is 3.52. The third-order valence-electron chi connectivity index (χ3n) is 5.50. The highest BCUT2D eigenvalue weighted by Gasteiger charge is 2.17. The number of rotatable bonds is 6. The Balaban J connectivity index is 1.32. The molecule has 0 aliphatic carbocycles. The molecule has 0 unspecified atom stereocenters. The lowest BCUT2D eigenvalue weighted by Gasteiger charge is -2.36. The van der Waals surface area contributed by atoms with Gasteiger partial charge in [-0.05, 0) is 38.1 Å². The predicted octanol–water partition coefficient (Wildman–Crippen LogP) is 3.39. The fraction of sp³-hybridized carbons (Fsp3) is 0.348. The lowest BCUT2D eigenvalue weighted by Crippen LogP contribution is -2.47. The van der Waals surface area contributed by atoms with Crippen LogP contribution in [-0.2, 0) is 0 Å². The first-order valence-electron chi connectivity index (χ1n) is 10.2. The molecule has 29 heavy (non-hydrogen) atoms. The number of nitrogens with one attached hydrogen (secondary N) is 1. The molecule has 0 atom stereocenters. The molecule has 3 heterocycles. The van der Waals surface area contributed by atoms with Crippen LogP contribution >= 0.6 is 0 Å². The smallest absolute Gasteiger partial charge is 0.180 e. The maximum Gasteiger partial charge on any atom is 0.180 e. The average Bonchev–Trinajstić information content (AvgIpc) is 2.78. The van der Waals surface area contributed by atoms with E-state index < -0.39 is 0 Å². The summed E-state index contributed by atoms with van der Waals surface area (Å²) in [6.07, 6.45) is 1.77. The molecule has 2 aromatic heterocycles. The zero-order valence-electron chi connectivity index (χ0n) is 17.2. The second-order valence-corrected chi connectivity index (χ2v) is 7.41. The van der Waals surface area contributed by atoms with E-state index in [1.165, 1.54) is 5.69 Å². The van der Waals surface area contributed by atoms with Gasteiger partial charge in [-0.1, -0.05) is 24.3 Å². The molecule has 6 nitrogen and oxygen atoms in total. The van der Waals surface area contributed by atoms with Crippen molar-refractivity contribution in [1.29, 1.82) is 0 Å². The Labute approximate surface area is 172 Å². The van der Waals surface area contributed by atoms with E-state index in [-0.39, 0.29) is 0 Å². The van der Waals surface area contributed by atoms with Crippen molar-refractivity contribution < 1.29 is 0 Å². The molecule has 1 aliphatic rings. The molecule has 6 heteroatoms. The number of piperazine rings is 1. The van der Waals surface area contributed by atoms with Gasteiger partial charge in [-0.25, -0.2) is 9.97 Å². The van der Waals surface area contributed by atoms with Crippen molar-refractivity contribution in [2.45, 2.75) is 13.8 Å². The van der Waals surface area contributed by atoms with E-state index in [2.05, 4.69) is 62.3 Å². The largest absolute Gasteiger partial charge is 0.369 e. The molecule has 0 amide bonds. The Morgan fingerprint density at radius 3 is 2.38 bits per heavy atom. The minimum Gasteiger partial charge on any atom is -0.369 e. The van der Waals surface area contributed by atoms with Crippen LogP contribution in [0.5, 0.6) is 0 Å². The highest BCUT2D eigenvalue weighted by Crippen LogP contribution is 2.20. The van der Waals surface area contributed by atoms with Crippen LogP contribution in [0.1, 0.15) is 11.3 Å². The molecular formula is C23H28N6. The van der Waals surface area contributed by atoms with E-state index in [1.807, 2.05) is 25.1 Å². The zero-order valence-corrected chi connectivity index (χ0v) is 17.2. The van der Waals surface area contributed by atoms with Gasteiger partial charge in [0.2, 0.25) is 0 Å². The fourth-order valence-corrected chi connectivity index (χ4v) is 3.61. The van der Waals surface area contributed by atoms with E-state index in [9.17, 15) is 0 Å². The summed E-state index contributed by atoms with van der Waals surface area (Å²) in [5.41, 5.74) is 4.20. The Bertz CT molecular complexity index is 921. The zero-order chi connectivity index (χ0) is 20.1. The molecule has 150 valence electrons. The second-order valence-electron chi connectivity index (χ2n) is 7.41. The normalized spacial score (nSPS) is 14.8. The standard InChI is InChI=1S/C23H28N6/c1-18-19(2)26-23(21-10-6-7-11-24-21)27-22(18)25-12-13-28-14-16-29(17-15-28)20-8-4-3-5-9-20/h3-11H,12-17H2,1-2H3,(H,25,26,27). The Kier molecular flexibility index (Phi) is 6.00. The number of aryl methyl sites for hydroxylation is 1. The lowest BCUT2D eigenvalue weighted by atomic mass is 10.2. The summed E-state index contributed by atoms with van der Waals surface area (Å²) in [7, 11) is 0. The molecular weight excluding hydrogens is 360 g/mol. The first kappa shape index (κ1) is 19.3. The highest BCUT2D eigenvalue weighted by molar-refractivity contribution is 5.56. The maximum atomic E-state index is 4.73. The minimum absolute atomic E-state index is 0.674. The number of para-hydroxylation sites is 1. The van der Waals surface area contributed by atoms with Crippen molar-refractivity contribution in [3.05, 3.63) is 66.0 Å². The second kappa shape index (κ2) is 9.01. The molecule has 3 aromatic rings. The number of aromatic nitrogens is 3. The van der Waals surface area contributed by atoms with Gasteiger partial charge in [0, 0.05) is 62.4 Å². The van der Waals surface area contributed by atoms with E-state index in [1.54, 1.807) is 6.20 Å². The summed E-state index contributed by atoms with van der Waals surface area (Å²) in [6.45, 7) is 10.3. The molecule has 0 radical (unpaired) electrons. The van der Waals surface area contributed by atoms with Crippen LogP contribution in [0.4, 0.5) is 11.5 Å². The summed E-state index contributed by atoms with van der Waals surface area (Å²) >= 11 is 0. The number of pyridine rings is 1. The monoisotopic (exact) mass is 388 g/mol. The summed E-state index contributed by atoms with van der Waals surface area (Å²) in [6, 6.07) is 16.5. The van der Waals surface area contributed by atoms with Gasteiger partial charge in [-0.15, -0.1) is 0 Å². The first-order chi connectivity index (χ1) is 14.2. The quantitative estimate of drug-likeness (QED) is 0.699. The molecule has 0 saturated carbocycles. The van der Waals surface area contributed by atoms with Gasteiger partial charge < -0.3 is 10.2 Å². The van der Waals surface area contributed by atoms with Crippen molar-refractivity contribution in [2.75, 3.05) is 49.5 Å². The Hall–Kier alpha value is -2.99. The van der Waals surface area contributed by atoms with E-state index in [0.29, 0.717) is 5.82 Å². The number of hydrogen-bond acceptors (Lipinski definition) is 6. The summed E-state index contributed by atoms with van der Waals surface area (Å²) < 4.78 is 0. The number of hydrogen-bond donors (Lipinski definition) is 1. The molecule has 1 N–H and O–H groups in total. The Morgan fingerprint density at radius 1 is 0.897 bits per heavy atom. The van der Waals surface area contributed by atoms with Crippen LogP contribution in [-0.4, -0.2) is 59.1 Å². The number of benzene rings is 1. The van der Waals surface area contributed by atoms with E-state index in [0.717, 1.165) is 62.0 Å². The van der Waals surface area contributed by atoms with Crippen molar-refractivity contribution >= 4 is 11.5 Å². The molecule has 1 aliphatic heterocycles. The van der Waals surface area contributed by atoms with E-state index in [4.69, 9.17) is 4.98 Å². The van der Waals surface area contributed by atoms with Crippen LogP contribution in [0.3, 0.4) is 0 Å². The first-order valence-corrected chi connectivity index (χ1v) is 10.2. The number of anilines is 2. The molecule has 1 fully saturated rings. The third kappa shape index (κ3) is 4.71. The van der Waals surface area contributed by atoms with Gasteiger partial charge >= 0.3 is 0 Å². The molecule has 1 saturated heterocycles. The minimum atomic E-state index is 0.674. The van der Waals surface area contributed by atoms with Crippen LogP contribution in [0, 0.1) is 13.8 Å². The number of nitrogens with zero attached hydrogens (tertiary/aromatic N) is 5. The SMILES string of the molecule is Cc1nc(-c2ccccn2)nc(NCCN2CCN(c3ccccc3)CC2)c1C. The third-order valence-corrected chi connectivity index (χ3v) is 5.50. The van der Waals surface area contributed by atoms with Gasteiger partial charge in [0.05, 0.1) is 0 Å². The van der Waals surface area contributed by atoms with Gasteiger partial charge in [0.15, 0.2) is 5.82 Å². The molecule has 1 aromatic carbocycles. The fourth-order valence-electron chi connectivity index (χ4n) is 3.61. The average molecular weight is 389 g/mol.